The zero-order valence-electron chi connectivity index (χ0n) is 10.9. The van der Waals surface area contributed by atoms with Crippen LogP contribution in [0.4, 0.5) is 0 Å². The van der Waals surface area contributed by atoms with Gasteiger partial charge in [-0.3, -0.25) is 0 Å². The molecular formula is C15H15NO2S. The van der Waals surface area contributed by atoms with Crippen molar-refractivity contribution in [2.75, 3.05) is 0 Å². The number of rotatable bonds is 3. The largest absolute Gasteiger partial charge is 0.461 e. The molecule has 1 N–H and O–H groups in total. The van der Waals surface area contributed by atoms with Crippen molar-refractivity contribution in [3.8, 4) is 0 Å². The molecule has 98 valence electrons. The zero-order valence-corrected chi connectivity index (χ0v) is 11.7. The monoisotopic (exact) mass is 273 g/mol. The Morgan fingerprint density at radius 2 is 2.11 bits per heavy atom. The van der Waals surface area contributed by atoms with Crippen LogP contribution in [0.2, 0.25) is 0 Å². The minimum atomic E-state index is -0.575. The summed E-state index contributed by atoms with van der Waals surface area (Å²) in [4.78, 5) is 4.40. The lowest BCUT2D eigenvalue weighted by atomic mass is 10.0. The van der Waals surface area contributed by atoms with Crippen molar-refractivity contribution in [1.82, 2.24) is 4.98 Å². The van der Waals surface area contributed by atoms with Gasteiger partial charge in [0.05, 0.1) is 11.1 Å². The fourth-order valence-electron chi connectivity index (χ4n) is 2.37. The Bertz CT molecular complexity index is 714. The highest BCUT2D eigenvalue weighted by Crippen LogP contribution is 2.32. The van der Waals surface area contributed by atoms with Crippen LogP contribution in [0, 0.1) is 13.8 Å². The summed E-state index contributed by atoms with van der Waals surface area (Å²) in [5.41, 5.74) is 2.70. The molecule has 2 heterocycles. The second-order valence-electron chi connectivity index (χ2n) is 4.67. The third-order valence-corrected chi connectivity index (χ3v) is 4.18. The molecule has 0 saturated carbocycles. The quantitative estimate of drug-likeness (QED) is 0.790. The van der Waals surface area contributed by atoms with Crippen molar-refractivity contribution in [2.24, 2.45) is 0 Å². The molecule has 3 aromatic rings. The van der Waals surface area contributed by atoms with Gasteiger partial charge in [-0.15, -0.1) is 11.3 Å². The second-order valence-corrected chi connectivity index (χ2v) is 5.61. The van der Waals surface area contributed by atoms with Crippen molar-refractivity contribution >= 4 is 22.3 Å². The number of nitrogens with zero attached hydrogens (tertiary/aromatic N) is 1. The van der Waals surface area contributed by atoms with E-state index in [1.54, 1.807) is 11.3 Å². The molecular weight excluding hydrogens is 258 g/mol. The van der Waals surface area contributed by atoms with Crippen LogP contribution in [-0.4, -0.2) is 10.1 Å². The van der Waals surface area contributed by atoms with Crippen LogP contribution in [0.25, 0.3) is 11.0 Å². The van der Waals surface area contributed by atoms with E-state index in [4.69, 9.17) is 4.42 Å². The number of benzene rings is 1. The molecule has 0 saturated heterocycles. The number of hydrogen-bond acceptors (Lipinski definition) is 4. The van der Waals surface area contributed by atoms with Gasteiger partial charge >= 0.3 is 0 Å². The molecule has 0 bridgehead atoms. The van der Waals surface area contributed by atoms with Gasteiger partial charge in [-0.25, -0.2) is 4.98 Å². The van der Waals surface area contributed by atoms with E-state index in [1.807, 2.05) is 43.5 Å². The molecule has 2 aromatic heterocycles. The number of aliphatic hydroxyl groups excluding tert-OH is 1. The van der Waals surface area contributed by atoms with Crippen LogP contribution in [0.5, 0.6) is 0 Å². The molecule has 4 heteroatoms. The molecule has 3 nitrogen and oxygen atoms in total. The average Bonchev–Trinajstić information content (AvgIpc) is 2.91. The van der Waals surface area contributed by atoms with Gasteiger partial charge < -0.3 is 9.52 Å². The first-order chi connectivity index (χ1) is 9.15. The highest BCUT2D eigenvalue weighted by molar-refractivity contribution is 7.09. The molecule has 0 aliphatic heterocycles. The van der Waals surface area contributed by atoms with Crippen LogP contribution >= 0.6 is 11.3 Å². The summed E-state index contributed by atoms with van der Waals surface area (Å²) in [7, 11) is 0. The van der Waals surface area contributed by atoms with Crippen molar-refractivity contribution < 1.29 is 9.52 Å². The highest BCUT2D eigenvalue weighted by atomic mass is 32.1. The first-order valence-electron chi connectivity index (χ1n) is 6.22. The summed E-state index contributed by atoms with van der Waals surface area (Å²) in [5.74, 6) is 0.780. The zero-order chi connectivity index (χ0) is 13.4. The van der Waals surface area contributed by atoms with Gasteiger partial charge in [-0.05, 0) is 19.9 Å². The summed E-state index contributed by atoms with van der Waals surface area (Å²) in [6.45, 7) is 3.86. The van der Waals surface area contributed by atoms with E-state index >= 15 is 0 Å². The average molecular weight is 273 g/mol. The number of aryl methyl sites for hydroxylation is 2. The summed E-state index contributed by atoms with van der Waals surface area (Å²) in [6.07, 6.45) is -0.0442. The minimum Gasteiger partial charge on any atom is -0.461 e. The Hall–Kier alpha value is -1.65. The van der Waals surface area contributed by atoms with Gasteiger partial charge in [0.25, 0.3) is 0 Å². The number of furan rings is 1. The lowest BCUT2D eigenvalue weighted by Crippen LogP contribution is -2.02. The number of thiazole rings is 1. The SMILES string of the molecule is Cc1csc(CC(O)c2c(C)oc3ccccc23)n1. The molecule has 0 radical (unpaired) electrons. The van der Waals surface area contributed by atoms with E-state index in [-0.39, 0.29) is 0 Å². The Morgan fingerprint density at radius 3 is 2.84 bits per heavy atom. The molecule has 0 aliphatic carbocycles. The number of fused-ring (bicyclic) bond motifs is 1. The van der Waals surface area contributed by atoms with E-state index in [9.17, 15) is 5.11 Å². The molecule has 1 aromatic carbocycles. The minimum absolute atomic E-state index is 0.531. The topological polar surface area (TPSA) is 46.3 Å². The molecule has 3 rings (SSSR count). The fraction of sp³-hybridized carbons (Fsp3) is 0.267. The summed E-state index contributed by atoms with van der Waals surface area (Å²) < 4.78 is 5.69. The van der Waals surface area contributed by atoms with Gasteiger partial charge in [-0.2, -0.15) is 0 Å². The molecule has 0 aliphatic rings. The van der Waals surface area contributed by atoms with Crippen LogP contribution < -0.4 is 0 Å². The van der Waals surface area contributed by atoms with E-state index in [0.717, 1.165) is 33.0 Å². The highest BCUT2D eigenvalue weighted by Gasteiger charge is 2.19. The Morgan fingerprint density at radius 1 is 1.32 bits per heavy atom. The molecule has 0 amide bonds. The Kier molecular flexibility index (Phi) is 3.12. The lowest BCUT2D eigenvalue weighted by molar-refractivity contribution is 0.177. The predicted octanol–water partition coefficient (Wildman–Crippen LogP) is 3.78. The van der Waals surface area contributed by atoms with E-state index in [2.05, 4.69) is 4.98 Å². The maximum Gasteiger partial charge on any atom is 0.134 e. The smallest absolute Gasteiger partial charge is 0.134 e. The number of aromatic nitrogens is 1. The van der Waals surface area contributed by atoms with Crippen LogP contribution in [0.15, 0.2) is 34.1 Å². The third kappa shape index (κ3) is 2.29. The Labute approximate surface area is 115 Å². The Balaban J connectivity index is 1.97. The number of aliphatic hydroxyl groups is 1. The van der Waals surface area contributed by atoms with E-state index < -0.39 is 6.10 Å². The summed E-state index contributed by atoms with van der Waals surface area (Å²) in [6, 6.07) is 7.80. The maximum absolute atomic E-state index is 10.5. The normalized spacial score (nSPS) is 13.0. The summed E-state index contributed by atoms with van der Waals surface area (Å²) in [5, 5.41) is 14.4. The number of hydrogen-bond donors (Lipinski definition) is 1. The van der Waals surface area contributed by atoms with Crippen LogP contribution in [-0.2, 0) is 6.42 Å². The second kappa shape index (κ2) is 4.79. The van der Waals surface area contributed by atoms with Crippen LogP contribution in [0.3, 0.4) is 0 Å². The van der Waals surface area contributed by atoms with Gasteiger partial charge in [-0.1, -0.05) is 18.2 Å². The van der Waals surface area contributed by atoms with Gasteiger partial charge in [0.1, 0.15) is 11.3 Å². The van der Waals surface area contributed by atoms with E-state index in [1.165, 1.54) is 0 Å². The molecule has 1 unspecified atom stereocenters. The predicted molar refractivity (Wildman–Crippen MR) is 76.5 cm³/mol. The first-order valence-corrected chi connectivity index (χ1v) is 7.10. The van der Waals surface area contributed by atoms with Crippen molar-refractivity contribution in [2.45, 2.75) is 26.4 Å². The fourth-order valence-corrected chi connectivity index (χ4v) is 3.18. The summed E-state index contributed by atoms with van der Waals surface area (Å²) >= 11 is 1.58. The molecule has 0 fully saturated rings. The molecule has 19 heavy (non-hydrogen) atoms. The van der Waals surface area contributed by atoms with Crippen molar-refractivity contribution in [1.29, 1.82) is 0 Å². The van der Waals surface area contributed by atoms with Crippen LogP contribution in [0.1, 0.15) is 28.1 Å². The van der Waals surface area contributed by atoms with Gasteiger partial charge in [0.2, 0.25) is 0 Å². The first kappa shape index (κ1) is 12.4. The van der Waals surface area contributed by atoms with Crippen molar-refractivity contribution in [3.05, 3.63) is 51.7 Å². The lowest BCUT2D eigenvalue weighted by Gasteiger charge is -2.08. The van der Waals surface area contributed by atoms with E-state index in [0.29, 0.717) is 6.42 Å². The number of para-hydroxylation sites is 1. The van der Waals surface area contributed by atoms with Gasteiger partial charge in [0, 0.05) is 28.4 Å². The maximum atomic E-state index is 10.5. The standard InChI is InChI=1S/C15H15NO2S/c1-9-8-19-14(16-9)7-12(17)15-10(2)18-13-6-4-3-5-11(13)15/h3-6,8,12,17H,7H2,1-2H3. The van der Waals surface area contributed by atoms with Gasteiger partial charge in [0.15, 0.2) is 0 Å². The molecule has 1 atom stereocenters. The molecule has 0 spiro atoms. The van der Waals surface area contributed by atoms with Crippen molar-refractivity contribution in [3.63, 3.8) is 0 Å². The third-order valence-electron chi connectivity index (χ3n) is 3.19.